The maximum absolute atomic E-state index is 12.4. The fourth-order valence-corrected chi connectivity index (χ4v) is 3.13. The number of rotatable bonds is 4. The van der Waals surface area contributed by atoms with Crippen LogP contribution < -0.4 is 5.32 Å². The minimum absolute atomic E-state index is 0.0335. The van der Waals surface area contributed by atoms with E-state index in [0.717, 1.165) is 23.9 Å². The van der Waals surface area contributed by atoms with E-state index in [1.165, 1.54) is 0 Å². The number of amides is 1. The van der Waals surface area contributed by atoms with E-state index in [0.29, 0.717) is 5.56 Å². The van der Waals surface area contributed by atoms with Gasteiger partial charge >= 0.3 is 0 Å². The molecule has 1 amide bonds. The zero-order chi connectivity index (χ0) is 16.3. The molecule has 1 aliphatic heterocycles. The molecule has 120 valence electrons. The molecule has 22 heavy (non-hydrogen) atoms. The number of Topliss-reactive ketones (excluding diaryl/α,β-unsaturated/α-hetero) is 1. The van der Waals surface area contributed by atoms with Crippen LogP contribution in [0.25, 0.3) is 0 Å². The molecule has 0 saturated carbocycles. The highest BCUT2D eigenvalue weighted by molar-refractivity contribution is 9.10. The van der Waals surface area contributed by atoms with Crippen LogP contribution in [0.1, 0.15) is 44.0 Å². The number of hydrogen-bond acceptors (Lipinski definition) is 3. The highest BCUT2D eigenvalue weighted by atomic mass is 79.9. The van der Waals surface area contributed by atoms with E-state index >= 15 is 0 Å². The second-order valence-corrected chi connectivity index (χ2v) is 7.59. The van der Waals surface area contributed by atoms with Gasteiger partial charge in [-0.15, -0.1) is 0 Å². The van der Waals surface area contributed by atoms with Crippen molar-refractivity contribution in [3.05, 3.63) is 34.3 Å². The lowest BCUT2D eigenvalue weighted by Gasteiger charge is -2.36. The van der Waals surface area contributed by atoms with Crippen LogP contribution in [0.15, 0.2) is 28.7 Å². The average Bonchev–Trinajstić information content (AvgIpc) is 2.94. The van der Waals surface area contributed by atoms with Gasteiger partial charge in [-0.2, -0.15) is 0 Å². The summed E-state index contributed by atoms with van der Waals surface area (Å²) in [6, 6.07) is 7.05. The first-order valence-corrected chi connectivity index (χ1v) is 8.41. The Balaban J connectivity index is 1.92. The molecule has 0 aliphatic carbocycles. The van der Waals surface area contributed by atoms with Gasteiger partial charge in [-0.3, -0.25) is 14.5 Å². The minimum atomic E-state index is -0.127. The predicted molar refractivity (Wildman–Crippen MR) is 91.0 cm³/mol. The summed E-state index contributed by atoms with van der Waals surface area (Å²) in [5.41, 5.74) is 0.580. The highest BCUT2D eigenvalue weighted by Crippen LogP contribution is 2.26. The standard InChI is InChI=1S/C17H23BrN2O2/c1-17(2,3)20-10-4-5-14(20)16(22)19-11-15(21)12-6-8-13(18)9-7-12/h6-9,14H,4-5,10-11H2,1-3H3,(H,19,22)/t14-/m0/s1. The first-order valence-electron chi connectivity index (χ1n) is 7.62. The zero-order valence-electron chi connectivity index (χ0n) is 13.4. The minimum Gasteiger partial charge on any atom is -0.347 e. The summed E-state index contributed by atoms with van der Waals surface area (Å²) in [7, 11) is 0. The van der Waals surface area contributed by atoms with E-state index < -0.39 is 0 Å². The van der Waals surface area contributed by atoms with Gasteiger partial charge in [0.2, 0.25) is 5.91 Å². The van der Waals surface area contributed by atoms with Crippen LogP contribution in [0, 0.1) is 0 Å². The Morgan fingerprint density at radius 3 is 2.50 bits per heavy atom. The average molecular weight is 367 g/mol. The van der Waals surface area contributed by atoms with Gasteiger partial charge in [0.1, 0.15) is 0 Å². The van der Waals surface area contributed by atoms with Crippen LogP contribution in [0.4, 0.5) is 0 Å². The van der Waals surface area contributed by atoms with Gasteiger partial charge in [0.15, 0.2) is 5.78 Å². The van der Waals surface area contributed by atoms with Crippen molar-refractivity contribution in [1.82, 2.24) is 10.2 Å². The van der Waals surface area contributed by atoms with Gasteiger partial charge in [0.05, 0.1) is 12.6 Å². The zero-order valence-corrected chi connectivity index (χ0v) is 14.9. The Kier molecular flexibility index (Phi) is 5.40. The highest BCUT2D eigenvalue weighted by Gasteiger charge is 2.37. The van der Waals surface area contributed by atoms with Crippen molar-refractivity contribution < 1.29 is 9.59 Å². The molecule has 0 radical (unpaired) electrons. The summed E-state index contributed by atoms with van der Waals surface area (Å²) in [5, 5.41) is 2.80. The molecule has 1 aromatic rings. The first-order chi connectivity index (χ1) is 10.3. The molecular weight excluding hydrogens is 344 g/mol. The van der Waals surface area contributed by atoms with E-state index in [1.807, 2.05) is 12.1 Å². The number of halogens is 1. The Morgan fingerprint density at radius 2 is 1.91 bits per heavy atom. The van der Waals surface area contributed by atoms with Crippen LogP contribution in [-0.2, 0) is 4.79 Å². The van der Waals surface area contributed by atoms with Crippen molar-refractivity contribution in [3.63, 3.8) is 0 Å². The SMILES string of the molecule is CC(C)(C)N1CCC[C@H]1C(=O)NCC(=O)c1ccc(Br)cc1. The molecule has 5 heteroatoms. The van der Waals surface area contributed by atoms with Gasteiger partial charge in [0, 0.05) is 15.6 Å². The third-order valence-corrected chi connectivity index (χ3v) is 4.54. The fourth-order valence-electron chi connectivity index (χ4n) is 2.87. The van der Waals surface area contributed by atoms with Crippen molar-refractivity contribution in [3.8, 4) is 0 Å². The van der Waals surface area contributed by atoms with Crippen LogP contribution in [-0.4, -0.2) is 41.3 Å². The lowest BCUT2D eigenvalue weighted by molar-refractivity contribution is -0.126. The lowest BCUT2D eigenvalue weighted by Crippen LogP contribution is -2.51. The summed E-state index contributed by atoms with van der Waals surface area (Å²) in [4.78, 5) is 26.7. The van der Waals surface area contributed by atoms with Crippen LogP contribution in [0.3, 0.4) is 0 Å². The van der Waals surface area contributed by atoms with Crippen molar-refractivity contribution in [2.75, 3.05) is 13.1 Å². The van der Waals surface area contributed by atoms with Crippen LogP contribution in [0.5, 0.6) is 0 Å². The van der Waals surface area contributed by atoms with Crippen molar-refractivity contribution in [2.24, 2.45) is 0 Å². The summed E-state index contributed by atoms with van der Waals surface area (Å²) in [5.74, 6) is -0.112. The quantitative estimate of drug-likeness (QED) is 0.833. The number of nitrogens with zero attached hydrogens (tertiary/aromatic N) is 1. The number of carbonyl (C=O) groups excluding carboxylic acids is 2. The normalized spacial score (nSPS) is 19.2. The molecule has 1 atom stereocenters. The number of nitrogens with one attached hydrogen (secondary N) is 1. The number of hydrogen-bond donors (Lipinski definition) is 1. The fraction of sp³-hybridized carbons (Fsp3) is 0.529. The van der Waals surface area contributed by atoms with Crippen LogP contribution >= 0.6 is 15.9 Å². The van der Waals surface area contributed by atoms with Crippen LogP contribution in [0.2, 0.25) is 0 Å². The maximum atomic E-state index is 12.4. The smallest absolute Gasteiger partial charge is 0.237 e. The van der Waals surface area contributed by atoms with Crippen molar-refractivity contribution in [1.29, 1.82) is 0 Å². The molecule has 1 fully saturated rings. The van der Waals surface area contributed by atoms with E-state index in [1.54, 1.807) is 12.1 Å². The third kappa shape index (κ3) is 4.17. The van der Waals surface area contributed by atoms with Gasteiger partial charge in [-0.25, -0.2) is 0 Å². The summed E-state index contributed by atoms with van der Waals surface area (Å²) in [6.07, 6.45) is 1.88. The Hall–Kier alpha value is -1.20. The van der Waals surface area contributed by atoms with Gasteiger partial charge in [-0.1, -0.05) is 28.1 Å². The molecule has 0 aromatic heterocycles. The lowest BCUT2D eigenvalue weighted by atomic mass is 10.0. The Labute approximate surface area is 140 Å². The Morgan fingerprint density at radius 1 is 1.27 bits per heavy atom. The van der Waals surface area contributed by atoms with Gasteiger partial charge in [0.25, 0.3) is 0 Å². The molecule has 1 heterocycles. The second kappa shape index (κ2) is 6.92. The molecule has 2 rings (SSSR count). The molecule has 0 bridgehead atoms. The summed E-state index contributed by atoms with van der Waals surface area (Å²) < 4.78 is 0.930. The molecule has 0 unspecified atom stereocenters. The number of likely N-dealkylation sites (tertiary alicyclic amines) is 1. The number of ketones is 1. The van der Waals surface area contributed by atoms with Crippen molar-refractivity contribution in [2.45, 2.75) is 45.2 Å². The predicted octanol–water partition coefficient (Wildman–Crippen LogP) is 3.01. The molecular formula is C17H23BrN2O2. The molecule has 1 N–H and O–H groups in total. The summed E-state index contributed by atoms with van der Waals surface area (Å²) in [6.45, 7) is 7.33. The maximum Gasteiger partial charge on any atom is 0.237 e. The second-order valence-electron chi connectivity index (χ2n) is 6.67. The molecule has 1 aliphatic rings. The topological polar surface area (TPSA) is 49.4 Å². The Bertz CT molecular complexity index is 549. The molecule has 0 spiro atoms. The molecule has 1 aromatic carbocycles. The third-order valence-electron chi connectivity index (χ3n) is 4.01. The van der Waals surface area contributed by atoms with E-state index in [2.05, 4.69) is 46.9 Å². The van der Waals surface area contributed by atoms with E-state index in [9.17, 15) is 9.59 Å². The molecule has 4 nitrogen and oxygen atoms in total. The number of carbonyl (C=O) groups is 2. The van der Waals surface area contributed by atoms with E-state index in [4.69, 9.17) is 0 Å². The monoisotopic (exact) mass is 366 g/mol. The van der Waals surface area contributed by atoms with Gasteiger partial charge < -0.3 is 5.32 Å². The van der Waals surface area contributed by atoms with E-state index in [-0.39, 0.29) is 29.8 Å². The van der Waals surface area contributed by atoms with Crippen molar-refractivity contribution >= 4 is 27.6 Å². The number of benzene rings is 1. The van der Waals surface area contributed by atoms with Gasteiger partial charge in [-0.05, 0) is 52.3 Å². The largest absolute Gasteiger partial charge is 0.347 e. The summed E-state index contributed by atoms with van der Waals surface area (Å²) >= 11 is 3.34. The molecule has 1 saturated heterocycles. The first kappa shape index (κ1) is 17.2.